The summed E-state index contributed by atoms with van der Waals surface area (Å²) in [6, 6.07) is 2.07. The zero-order valence-electron chi connectivity index (χ0n) is 13.8. The number of anilines is 1. The van der Waals surface area contributed by atoms with Crippen LogP contribution in [0.3, 0.4) is 0 Å². The van der Waals surface area contributed by atoms with E-state index in [9.17, 15) is 0 Å². The fraction of sp³-hybridized carbons (Fsp3) is 0.562. The van der Waals surface area contributed by atoms with Crippen LogP contribution in [0, 0.1) is 27.7 Å². The van der Waals surface area contributed by atoms with E-state index in [1.807, 2.05) is 27.7 Å². The van der Waals surface area contributed by atoms with Crippen LogP contribution in [0.25, 0.3) is 0 Å². The number of aromatic nitrogens is 3. The topological polar surface area (TPSA) is 58.3 Å². The first-order chi connectivity index (χ1) is 10.5. The van der Waals surface area contributed by atoms with Gasteiger partial charge in [-0.05, 0) is 27.7 Å². The highest BCUT2D eigenvalue weighted by atomic mass is 16.5. The van der Waals surface area contributed by atoms with Crippen LogP contribution in [-0.2, 0) is 6.54 Å². The van der Waals surface area contributed by atoms with Crippen molar-refractivity contribution in [3.8, 4) is 0 Å². The molecule has 3 heterocycles. The van der Waals surface area contributed by atoms with Gasteiger partial charge in [0.2, 0.25) is 0 Å². The summed E-state index contributed by atoms with van der Waals surface area (Å²) in [5, 5.41) is 4.03. The summed E-state index contributed by atoms with van der Waals surface area (Å²) < 4.78 is 5.25. The van der Waals surface area contributed by atoms with Gasteiger partial charge < -0.3 is 9.42 Å². The molecule has 0 radical (unpaired) electrons. The zero-order chi connectivity index (χ0) is 15.7. The summed E-state index contributed by atoms with van der Waals surface area (Å²) in [5.41, 5.74) is 3.25. The molecule has 6 nitrogen and oxygen atoms in total. The van der Waals surface area contributed by atoms with Crippen LogP contribution >= 0.6 is 0 Å². The Morgan fingerprint density at radius 3 is 2.36 bits per heavy atom. The molecule has 0 bridgehead atoms. The first kappa shape index (κ1) is 15.0. The van der Waals surface area contributed by atoms with Gasteiger partial charge in [-0.3, -0.25) is 4.90 Å². The largest absolute Gasteiger partial charge is 0.361 e. The number of hydrogen-bond acceptors (Lipinski definition) is 6. The molecular formula is C16H23N5O. The van der Waals surface area contributed by atoms with Gasteiger partial charge >= 0.3 is 0 Å². The molecule has 0 spiro atoms. The van der Waals surface area contributed by atoms with Crippen molar-refractivity contribution in [1.29, 1.82) is 0 Å². The van der Waals surface area contributed by atoms with Gasteiger partial charge in [0.05, 0.1) is 5.69 Å². The summed E-state index contributed by atoms with van der Waals surface area (Å²) in [6.07, 6.45) is 0. The molecule has 1 fully saturated rings. The van der Waals surface area contributed by atoms with Gasteiger partial charge in [0.1, 0.15) is 17.4 Å². The van der Waals surface area contributed by atoms with Gasteiger partial charge in [0.25, 0.3) is 0 Å². The smallest absolute Gasteiger partial charge is 0.138 e. The lowest BCUT2D eigenvalue weighted by atomic mass is 10.2. The predicted octanol–water partition coefficient (Wildman–Crippen LogP) is 2.02. The molecule has 6 heteroatoms. The van der Waals surface area contributed by atoms with E-state index in [1.54, 1.807) is 0 Å². The highest BCUT2D eigenvalue weighted by molar-refractivity contribution is 5.40. The minimum atomic E-state index is 0.841. The first-order valence-electron chi connectivity index (χ1n) is 7.74. The lowest BCUT2D eigenvalue weighted by Gasteiger charge is -2.35. The molecule has 1 aliphatic heterocycles. The highest BCUT2D eigenvalue weighted by Crippen LogP contribution is 2.19. The van der Waals surface area contributed by atoms with Crippen LogP contribution in [0.1, 0.15) is 28.5 Å². The number of rotatable bonds is 3. The van der Waals surface area contributed by atoms with Crippen LogP contribution in [-0.4, -0.2) is 46.2 Å². The fourth-order valence-corrected chi connectivity index (χ4v) is 2.95. The van der Waals surface area contributed by atoms with E-state index in [0.717, 1.165) is 61.5 Å². The molecular weight excluding hydrogens is 278 g/mol. The highest BCUT2D eigenvalue weighted by Gasteiger charge is 2.21. The molecule has 0 amide bonds. The minimum Gasteiger partial charge on any atom is -0.361 e. The predicted molar refractivity (Wildman–Crippen MR) is 85.0 cm³/mol. The Labute approximate surface area is 131 Å². The van der Waals surface area contributed by atoms with Crippen molar-refractivity contribution in [2.45, 2.75) is 34.2 Å². The Hall–Kier alpha value is -1.95. The van der Waals surface area contributed by atoms with Crippen molar-refractivity contribution in [3.63, 3.8) is 0 Å². The van der Waals surface area contributed by atoms with Crippen LogP contribution in [0.2, 0.25) is 0 Å². The van der Waals surface area contributed by atoms with E-state index in [1.165, 1.54) is 5.56 Å². The summed E-state index contributed by atoms with van der Waals surface area (Å²) in [4.78, 5) is 13.7. The quantitative estimate of drug-likeness (QED) is 0.864. The van der Waals surface area contributed by atoms with E-state index in [0.29, 0.717) is 0 Å². The average Bonchev–Trinajstić information content (AvgIpc) is 2.79. The monoisotopic (exact) mass is 301 g/mol. The molecule has 118 valence electrons. The standard InChI is InChI=1S/C16H23N5O/c1-11-9-16(18-14(4)17-11)21-7-5-20(6-8-21)10-15-12(2)19-22-13(15)3/h9H,5-8,10H2,1-4H3. The number of nitrogens with zero attached hydrogens (tertiary/aromatic N) is 5. The summed E-state index contributed by atoms with van der Waals surface area (Å²) in [7, 11) is 0. The minimum absolute atomic E-state index is 0.841. The van der Waals surface area contributed by atoms with Crippen molar-refractivity contribution in [1.82, 2.24) is 20.0 Å². The van der Waals surface area contributed by atoms with Crippen LogP contribution in [0.4, 0.5) is 5.82 Å². The Kier molecular flexibility index (Phi) is 4.11. The van der Waals surface area contributed by atoms with Gasteiger partial charge in [-0.2, -0.15) is 0 Å². The maximum absolute atomic E-state index is 5.25. The summed E-state index contributed by atoms with van der Waals surface area (Å²) in [6.45, 7) is 12.9. The van der Waals surface area contributed by atoms with Crippen molar-refractivity contribution in [2.24, 2.45) is 0 Å². The summed E-state index contributed by atoms with van der Waals surface area (Å²) >= 11 is 0. The molecule has 2 aromatic heterocycles. The van der Waals surface area contributed by atoms with Crippen molar-refractivity contribution in [2.75, 3.05) is 31.1 Å². The van der Waals surface area contributed by atoms with Crippen molar-refractivity contribution >= 4 is 5.82 Å². The van der Waals surface area contributed by atoms with Crippen molar-refractivity contribution in [3.05, 3.63) is 34.6 Å². The number of aryl methyl sites for hydroxylation is 4. The third-order valence-corrected chi connectivity index (χ3v) is 4.21. The Morgan fingerprint density at radius 1 is 1.05 bits per heavy atom. The van der Waals surface area contributed by atoms with E-state index < -0.39 is 0 Å². The van der Waals surface area contributed by atoms with Gasteiger partial charge in [0, 0.05) is 50.0 Å². The first-order valence-corrected chi connectivity index (χ1v) is 7.74. The SMILES string of the molecule is Cc1cc(N2CCN(Cc3c(C)noc3C)CC2)nc(C)n1. The number of piperazine rings is 1. The van der Waals surface area contributed by atoms with Gasteiger partial charge in [0.15, 0.2) is 0 Å². The van der Waals surface area contributed by atoms with Crippen LogP contribution in [0.5, 0.6) is 0 Å². The molecule has 3 rings (SSSR count). The van der Waals surface area contributed by atoms with Gasteiger partial charge in [-0.1, -0.05) is 5.16 Å². The third kappa shape index (κ3) is 3.11. The molecule has 22 heavy (non-hydrogen) atoms. The molecule has 1 aliphatic rings. The van der Waals surface area contributed by atoms with Crippen molar-refractivity contribution < 1.29 is 4.52 Å². The molecule has 0 N–H and O–H groups in total. The second-order valence-corrected chi connectivity index (χ2v) is 5.98. The van der Waals surface area contributed by atoms with E-state index in [-0.39, 0.29) is 0 Å². The molecule has 0 saturated carbocycles. The van der Waals surface area contributed by atoms with E-state index >= 15 is 0 Å². The second kappa shape index (κ2) is 6.04. The maximum Gasteiger partial charge on any atom is 0.138 e. The average molecular weight is 301 g/mol. The Balaban J connectivity index is 1.63. The maximum atomic E-state index is 5.25. The zero-order valence-corrected chi connectivity index (χ0v) is 13.8. The molecule has 0 aliphatic carbocycles. The van der Waals surface area contributed by atoms with Gasteiger partial charge in [-0.15, -0.1) is 0 Å². The Bertz CT molecular complexity index is 619. The van der Waals surface area contributed by atoms with Crippen LogP contribution in [0.15, 0.2) is 10.6 Å². The molecule has 0 unspecified atom stereocenters. The number of hydrogen-bond donors (Lipinski definition) is 0. The normalized spacial score (nSPS) is 16.3. The van der Waals surface area contributed by atoms with E-state index in [4.69, 9.17) is 4.52 Å². The lowest BCUT2D eigenvalue weighted by Crippen LogP contribution is -2.46. The Morgan fingerprint density at radius 2 is 1.77 bits per heavy atom. The second-order valence-electron chi connectivity index (χ2n) is 5.98. The fourth-order valence-electron chi connectivity index (χ4n) is 2.95. The lowest BCUT2D eigenvalue weighted by molar-refractivity contribution is 0.247. The molecule has 0 aromatic carbocycles. The van der Waals surface area contributed by atoms with Gasteiger partial charge in [-0.25, -0.2) is 9.97 Å². The third-order valence-electron chi connectivity index (χ3n) is 4.21. The summed E-state index contributed by atoms with van der Waals surface area (Å²) in [5.74, 6) is 2.82. The molecule has 0 atom stereocenters. The van der Waals surface area contributed by atoms with Crippen LogP contribution < -0.4 is 4.90 Å². The van der Waals surface area contributed by atoms with E-state index in [2.05, 4.69) is 31.0 Å². The molecule has 1 saturated heterocycles. The molecule has 2 aromatic rings.